The van der Waals surface area contributed by atoms with Gasteiger partial charge in [0.2, 0.25) is 0 Å². The van der Waals surface area contributed by atoms with Crippen LogP contribution in [0.1, 0.15) is 45.9 Å². The van der Waals surface area contributed by atoms with Gasteiger partial charge in [0.15, 0.2) is 5.69 Å². The summed E-state index contributed by atoms with van der Waals surface area (Å²) >= 11 is 0. The van der Waals surface area contributed by atoms with Gasteiger partial charge in [-0.1, -0.05) is 48.5 Å². The maximum atomic E-state index is 13.1. The van der Waals surface area contributed by atoms with Crippen LogP contribution in [0.25, 0.3) is 0 Å². The summed E-state index contributed by atoms with van der Waals surface area (Å²) in [6.07, 6.45) is 0.737. The molecule has 0 aliphatic carbocycles. The minimum atomic E-state index is -0.288. The van der Waals surface area contributed by atoms with Crippen LogP contribution in [0.15, 0.2) is 48.5 Å². The lowest BCUT2D eigenvalue weighted by Crippen LogP contribution is -2.27. The Kier molecular flexibility index (Phi) is 5.16. The van der Waals surface area contributed by atoms with Crippen molar-refractivity contribution in [3.63, 3.8) is 0 Å². The normalized spacial score (nSPS) is 15.9. The Bertz CT molecular complexity index is 967. The lowest BCUT2D eigenvalue weighted by Gasteiger charge is -2.24. The van der Waals surface area contributed by atoms with Crippen molar-refractivity contribution in [1.29, 1.82) is 0 Å². The van der Waals surface area contributed by atoms with Crippen LogP contribution >= 0.6 is 0 Å². The summed E-state index contributed by atoms with van der Waals surface area (Å²) in [6.45, 7) is 3.19. The molecule has 6 nitrogen and oxygen atoms in total. The van der Waals surface area contributed by atoms with Gasteiger partial charge >= 0.3 is 0 Å². The van der Waals surface area contributed by atoms with Crippen LogP contribution in [0.4, 0.5) is 4.39 Å². The first kappa shape index (κ1) is 18.3. The smallest absolute Gasteiger partial charge is 0.274 e. The van der Waals surface area contributed by atoms with E-state index in [1.807, 2.05) is 12.1 Å². The number of hydrogen-bond donors (Lipinski definition) is 1. The molecular weight excluding hydrogens is 359 g/mol. The van der Waals surface area contributed by atoms with Crippen molar-refractivity contribution in [1.82, 2.24) is 20.3 Å². The van der Waals surface area contributed by atoms with E-state index in [1.165, 1.54) is 17.7 Å². The Morgan fingerprint density at radius 2 is 1.89 bits per heavy atom. The maximum Gasteiger partial charge on any atom is 0.274 e. The number of nitrogens with zero attached hydrogens (tertiary/aromatic N) is 3. The number of amides is 1. The van der Waals surface area contributed by atoms with Gasteiger partial charge in [-0.2, -0.15) is 0 Å². The van der Waals surface area contributed by atoms with Crippen molar-refractivity contribution in [3.8, 4) is 0 Å². The molecule has 7 heteroatoms. The third kappa shape index (κ3) is 3.80. The number of ether oxygens (including phenoxy) is 1. The SMILES string of the molecule is CCc1ccc(CNC(=O)c2nnn3c2CO[C@@H](c2ccc(F)cc2)C3)cc1. The van der Waals surface area contributed by atoms with Crippen LogP contribution in [0.2, 0.25) is 0 Å². The molecule has 144 valence electrons. The molecule has 2 aromatic carbocycles. The Morgan fingerprint density at radius 1 is 1.18 bits per heavy atom. The second-order valence-corrected chi connectivity index (χ2v) is 6.77. The summed E-state index contributed by atoms with van der Waals surface area (Å²) in [7, 11) is 0. The Morgan fingerprint density at radius 3 is 2.61 bits per heavy atom. The van der Waals surface area contributed by atoms with Crippen LogP contribution in [-0.2, 0) is 30.9 Å². The highest BCUT2D eigenvalue weighted by Gasteiger charge is 2.27. The predicted octanol–water partition coefficient (Wildman–Crippen LogP) is 3.18. The quantitative estimate of drug-likeness (QED) is 0.738. The van der Waals surface area contributed by atoms with Crippen molar-refractivity contribution < 1.29 is 13.9 Å². The Balaban J connectivity index is 1.41. The number of hydrogen-bond acceptors (Lipinski definition) is 4. The molecule has 0 bridgehead atoms. The molecule has 0 saturated carbocycles. The molecule has 1 amide bonds. The highest BCUT2D eigenvalue weighted by molar-refractivity contribution is 5.93. The number of nitrogens with one attached hydrogen (secondary N) is 1. The van der Waals surface area contributed by atoms with Gasteiger partial charge in [0.25, 0.3) is 5.91 Å². The summed E-state index contributed by atoms with van der Waals surface area (Å²) in [5, 5.41) is 11.0. The highest BCUT2D eigenvalue weighted by atomic mass is 19.1. The lowest BCUT2D eigenvalue weighted by molar-refractivity contribution is -0.00180. The summed E-state index contributed by atoms with van der Waals surface area (Å²) in [6, 6.07) is 14.3. The monoisotopic (exact) mass is 380 g/mol. The van der Waals surface area contributed by atoms with Gasteiger partial charge in [-0.25, -0.2) is 9.07 Å². The zero-order chi connectivity index (χ0) is 19.5. The van der Waals surface area contributed by atoms with Crippen molar-refractivity contribution in [2.45, 2.75) is 39.1 Å². The van der Waals surface area contributed by atoms with Gasteiger partial charge in [0, 0.05) is 6.54 Å². The number of carbonyl (C=O) groups excluding carboxylic acids is 1. The van der Waals surface area contributed by atoms with E-state index >= 15 is 0 Å². The number of carbonyl (C=O) groups is 1. The third-order valence-electron chi connectivity index (χ3n) is 4.94. The van der Waals surface area contributed by atoms with Crippen LogP contribution in [0.3, 0.4) is 0 Å². The number of aromatic nitrogens is 3. The molecule has 4 rings (SSSR count). The Labute approximate surface area is 162 Å². The molecule has 28 heavy (non-hydrogen) atoms. The van der Waals surface area contributed by atoms with Gasteiger partial charge in [0.1, 0.15) is 11.9 Å². The average molecular weight is 380 g/mol. The number of rotatable bonds is 5. The molecule has 0 unspecified atom stereocenters. The molecule has 0 spiro atoms. The Hall–Kier alpha value is -3.06. The van der Waals surface area contributed by atoms with Gasteiger partial charge < -0.3 is 10.1 Å². The molecule has 1 aliphatic heterocycles. The topological polar surface area (TPSA) is 69.0 Å². The van der Waals surface area contributed by atoms with Crippen LogP contribution in [0.5, 0.6) is 0 Å². The van der Waals surface area contributed by atoms with Crippen molar-refractivity contribution in [3.05, 3.63) is 82.4 Å². The lowest BCUT2D eigenvalue weighted by atomic mass is 10.1. The molecule has 2 heterocycles. The number of aryl methyl sites for hydroxylation is 1. The summed E-state index contributed by atoms with van der Waals surface area (Å²) < 4.78 is 20.7. The van der Waals surface area contributed by atoms with E-state index < -0.39 is 0 Å². The first-order valence-corrected chi connectivity index (χ1v) is 9.29. The van der Waals surface area contributed by atoms with E-state index in [4.69, 9.17) is 4.74 Å². The first-order valence-electron chi connectivity index (χ1n) is 9.29. The molecular formula is C21H21FN4O2. The molecule has 1 aromatic heterocycles. The fraction of sp³-hybridized carbons (Fsp3) is 0.286. The van der Waals surface area contributed by atoms with E-state index in [9.17, 15) is 9.18 Å². The van der Waals surface area contributed by atoms with Gasteiger partial charge in [0.05, 0.1) is 18.8 Å². The van der Waals surface area contributed by atoms with E-state index in [2.05, 4.69) is 34.7 Å². The highest BCUT2D eigenvalue weighted by Crippen LogP contribution is 2.27. The third-order valence-corrected chi connectivity index (χ3v) is 4.94. The zero-order valence-electron chi connectivity index (χ0n) is 15.6. The number of halogens is 1. The van der Waals surface area contributed by atoms with E-state index in [-0.39, 0.29) is 30.1 Å². The van der Waals surface area contributed by atoms with Gasteiger partial charge in [-0.15, -0.1) is 5.10 Å². The fourth-order valence-electron chi connectivity index (χ4n) is 3.23. The molecule has 0 radical (unpaired) electrons. The maximum absolute atomic E-state index is 13.1. The van der Waals surface area contributed by atoms with Crippen LogP contribution < -0.4 is 5.32 Å². The standard InChI is InChI=1S/C21H21FN4O2/c1-2-14-3-5-15(6-4-14)11-23-21(27)20-18-13-28-19(12-26(18)25-24-20)16-7-9-17(22)10-8-16/h3-10,19H,2,11-13H2,1H3,(H,23,27)/t19-/m1/s1. The van der Waals surface area contributed by atoms with E-state index in [0.717, 1.165) is 17.5 Å². The van der Waals surface area contributed by atoms with Crippen molar-refractivity contribution in [2.75, 3.05) is 0 Å². The second kappa shape index (κ2) is 7.90. The second-order valence-electron chi connectivity index (χ2n) is 6.77. The summed E-state index contributed by atoms with van der Waals surface area (Å²) in [5.41, 5.74) is 4.08. The molecule has 1 N–H and O–H groups in total. The van der Waals surface area contributed by atoms with Crippen molar-refractivity contribution in [2.24, 2.45) is 0 Å². The minimum absolute atomic E-state index is 0.225. The minimum Gasteiger partial charge on any atom is -0.365 e. The fourth-order valence-corrected chi connectivity index (χ4v) is 3.23. The molecule has 3 aromatic rings. The van der Waals surface area contributed by atoms with E-state index in [0.29, 0.717) is 18.8 Å². The van der Waals surface area contributed by atoms with E-state index in [1.54, 1.807) is 16.8 Å². The zero-order valence-corrected chi connectivity index (χ0v) is 15.6. The molecule has 0 fully saturated rings. The molecule has 0 saturated heterocycles. The molecule has 1 atom stereocenters. The average Bonchev–Trinajstić information content (AvgIpc) is 3.16. The van der Waals surface area contributed by atoms with Gasteiger partial charge in [-0.05, 0) is 35.2 Å². The largest absolute Gasteiger partial charge is 0.365 e. The predicted molar refractivity (Wildman–Crippen MR) is 101 cm³/mol. The van der Waals surface area contributed by atoms with Crippen molar-refractivity contribution >= 4 is 5.91 Å². The molecule has 1 aliphatic rings. The number of benzene rings is 2. The number of fused-ring (bicyclic) bond motifs is 1. The van der Waals surface area contributed by atoms with Gasteiger partial charge in [-0.3, -0.25) is 4.79 Å². The summed E-state index contributed by atoms with van der Waals surface area (Å²) in [4.78, 5) is 12.5. The van der Waals surface area contributed by atoms with Crippen LogP contribution in [-0.4, -0.2) is 20.9 Å². The summed E-state index contributed by atoms with van der Waals surface area (Å²) in [5.74, 6) is -0.561. The first-order chi connectivity index (χ1) is 13.6. The van der Waals surface area contributed by atoms with Crippen LogP contribution in [0, 0.1) is 5.82 Å².